The number of aryl methyl sites for hydroxylation is 1. The topological polar surface area (TPSA) is 61.2 Å². The summed E-state index contributed by atoms with van der Waals surface area (Å²) in [6.45, 7) is 2.99. The third-order valence-electron chi connectivity index (χ3n) is 4.32. The molecule has 0 bridgehead atoms. The van der Waals surface area contributed by atoms with Crippen LogP contribution in [0.25, 0.3) is 10.9 Å². The highest BCUT2D eigenvalue weighted by Crippen LogP contribution is 2.22. The maximum Gasteiger partial charge on any atom is 0.262 e. The summed E-state index contributed by atoms with van der Waals surface area (Å²) in [4.78, 5) is 30.1. The molecule has 146 valence electrons. The summed E-state index contributed by atoms with van der Waals surface area (Å²) in [5.74, 6) is 0.195. The second kappa shape index (κ2) is 9.37. The zero-order valence-corrected chi connectivity index (χ0v) is 17.3. The van der Waals surface area contributed by atoms with Gasteiger partial charge in [-0.25, -0.2) is 4.98 Å². The van der Waals surface area contributed by atoms with Crippen LogP contribution in [-0.4, -0.2) is 34.8 Å². The number of thioether (sulfide) groups is 1. The lowest BCUT2D eigenvalue weighted by molar-refractivity contribution is 0.102. The van der Waals surface area contributed by atoms with E-state index in [0.717, 1.165) is 5.56 Å². The molecule has 1 aromatic heterocycles. The molecule has 0 radical (unpaired) electrons. The molecule has 7 heteroatoms. The van der Waals surface area contributed by atoms with Crippen LogP contribution in [0.4, 0.5) is 0 Å². The first-order valence-corrected chi connectivity index (χ1v) is 10.3. The standard InChI is InChI=1S/C21H21ClN2O3S/c1-14-4-6-15(7-5-14)19(25)13-28-21-23-18-12-16(22)8-9-17(18)20(26)24(21)10-3-11-27-2/h4-9,12H,3,10-11,13H2,1-2H3. The monoisotopic (exact) mass is 416 g/mol. The molecule has 3 aromatic rings. The van der Waals surface area contributed by atoms with Crippen molar-refractivity contribution < 1.29 is 9.53 Å². The van der Waals surface area contributed by atoms with Gasteiger partial charge in [0.25, 0.3) is 5.56 Å². The highest BCUT2D eigenvalue weighted by atomic mass is 35.5. The van der Waals surface area contributed by atoms with Crippen molar-refractivity contribution in [2.24, 2.45) is 0 Å². The Hall–Kier alpha value is -2.15. The van der Waals surface area contributed by atoms with Gasteiger partial charge in [-0.1, -0.05) is 53.2 Å². The minimum atomic E-state index is -0.136. The van der Waals surface area contributed by atoms with Crippen LogP contribution >= 0.6 is 23.4 Å². The molecular weight excluding hydrogens is 396 g/mol. The highest BCUT2D eigenvalue weighted by molar-refractivity contribution is 7.99. The Morgan fingerprint density at radius 3 is 2.68 bits per heavy atom. The first-order chi connectivity index (χ1) is 13.5. The molecule has 0 unspecified atom stereocenters. The predicted octanol–water partition coefficient (Wildman–Crippen LogP) is 4.37. The maximum absolute atomic E-state index is 12.9. The van der Waals surface area contributed by atoms with Crippen LogP contribution in [0.15, 0.2) is 52.4 Å². The van der Waals surface area contributed by atoms with E-state index in [4.69, 9.17) is 16.3 Å². The van der Waals surface area contributed by atoms with E-state index in [1.807, 2.05) is 31.2 Å². The van der Waals surface area contributed by atoms with Crippen LogP contribution in [0.5, 0.6) is 0 Å². The van der Waals surface area contributed by atoms with Gasteiger partial charge in [0.15, 0.2) is 10.9 Å². The molecule has 0 aliphatic heterocycles. The fourth-order valence-corrected chi connectivity index (χ4v) is 3.89. The lowest BCUT2D eigenvalue weighted by atomic mass is 10.1. The molecule has 0 N–H and O–H groups in total. The summed E-state index contributed by atoms with van der Waals surface area (Å²) in [5, 5.41) is 1.54. The summed E-state index contributed by atoms with van der Waals surface area (Å²) in [7, 11) is 1.62. The Labute approximate surface area is 172 Å². The summed E-state index contributed by atoms with van der Waals surface area (Å²) >= 11 is 7.33. The summed E-state index contributed by atoms with van der Waals surface area (Å²) in [5.41, 5.74) is 2.15. The Balaban J connectivity index is 1.90. The van der Waals surface area contributed by atoms with Crippen LogP contribution in [0.3, 0.4) is 0 Å². The number of hydrogen-bond donors (Lipinski definition) is 0. The molecule has 28 heavy (non-hydrogen) atoms. The number of methoxy groups -OCH3 is 1. The fourth-order valence-electron chi connectivity index (χ4n) is 2.80. The summed E-state index contributed by atoms with van der Waals surface area (Å²) < 4.78 is 6.71. The lowest BCUT2D eigenvalue weighted by Gasteiger charge is -2.13. The summed E-state index contributed by atoms with van der Waals surface area (Å²) in [6, 6.07) is 12.5. The molecule has 0 amide bonds. The van der Waals surface area contributed by atoms with Crippen molar-refractivity contribution in [3.8, 4) is 0 Å². The quantitative estimate of drug-likeness (QED) is 0.236. The van der Waals surface area contributed by atoms with Crippen LogP contribution in [-0.2, 0) is 11.3 Å². The van der Waals surface area contributed by atoms with Gasteiger partial charge in [-0.2, -0.15) is 0 Å². The largest absolute Gasteiger partial charge is 0.385 e. The number of ether oxygens (including phenoxy) is 1. The van der Waals surface area contributed by atoms with Gasteiger partial charge < -0.3 is 4.74 Å². The summed E-state index contributed by atoms with van der Waals surface area (Å²) in [6.07, 6.45) is 0.677. The van der Waals surface area contributed by atoms with Crippen molar-refractivity contribution in [2.75, 3.05) is 19.5 Å². The van der Waals surface area contributed by atoms with Gasteiger partial charge in [0, 0.05) is 30.8 Å². The van der Waals surface area contributed by atoms with Crippen molar-refractivity contribution in [3.63, 3.8) is 0 Å². The van der Waals surface area contributed by atoms with E-state index in [9.17, 15) is 9.59 Å². The molecule has 0 saturated carbocycles. The van der Waals surface area contributed by atoms with Crippen molar-refractivity contribution in [1.29, 1.82) is 0 Å². The molecule has 2 aromatic carbocycles. The molecule has 1 heterocycles. The SMILES string of the molecule is COCCCn1c(SCC(=O)c2ccc(C)cc2)nc2cc(Cl)ccc2c1=O. The van der Waals surface area contributed by atoms with Crippen LogP contribution in [0, 0.1) is 6.92 Å². The molecule has 0 saturated heterocycles. The second-order valence-electron chi connectivity index (χ2n) is 6.44. The Morgan fingerprint density at radius 2 is 1.96 bits per heavy atom. The number of Topliss-reactive ketones (excluding diaryl/α,β-unsaturated/α-hetero) is 1. The third kappa shape index (κ3) is 4.82. The van der Waals surface area contributed by atoms with Crippen molar-refractivity contribution >= 4 is 40.0 Å². The smallest absolute Gasteiger partial charge is 0.262 e. The van der Waals surface area contributed by atoms with Gasteiger partial charge in [-0.05, 0) is 31.5 Å². The first kappa shape index (κ1) is 20.6. The highest BCUT2D eigenvalue weighted by Gasteiger charge is 2.14. The zero-order valence-electron chi connectivity index (χ0n) is 15.8. The molecule has 3 rings (SSSR count). The number of benzene rings is 2. The van der Waals surface area contributed by atoms with Gasteiger partial charge in [0.05, 0.1) is 16.7 Å². The van der Waals surface area contributed by atoms with Crippen LogP contribution in [0.2, 0.25) is 5.02 Å². The molecule has 0 atom stereocenters. The number of carbonyl (C=O) groups is 1. The predicted molar refractivity (Wildman–Crippen MR) is 114 cm³/mol. The molecule has 0 aliphatic rings. The average Bonchev–Trinajstić information content (AvgIpc) is 2.68. The number of rotatable bonds is 8. The Morgan fingerprint density at radius 1 is 1.21 bits per heavy atom. The average molecular weight is 417 g/mol. The minimum absolute atomic E-state index is 0.00567. The van der Waals surface area contributed by atoms with E-state index in [2.05, 4.69) is 4.98 Å². The van der Waals surface area contributed by atoms with E-state index in [-0.39, 0.29) is 17.1 Å². The molecule has 0 spiro atoms. The van der Waals surface area contributed by atoms with Crippen molar-refractivity contribution in [3.05, 3.63) is 69.0 Å². The number of ketones is 1. The van der Waals surface area contributed by atoms with E-state index >= 15 is 0 Å². The fraction of sp³-hybridized carbons (Fsp3) is 0.286. The van der Waals surface area contributed by atoms with E-state index in [1.54, 1.807) is 29.9 Å². The van der Waals surface area contributed by atoms with Gasteiger partial charge in [-0.15, -0.1) is 0 Å². The molecule has 5 nitrogen and oxygen atoms in total. The van der Waals surface area contributed by atoms with Gasteiger partial charge in [-0.3, -0.25) is 14.2 Å². The molecular formula is C21H21ClN2O3S. The van der Waals surface area contributed by atoms with Crippen molar-refractivity contribution in [1.82, 2.24) is 9.55 Å². The number of carbonyl (C=O) groups excluding carboxylic acids is 1. The van der Waals surface area contributed by atoms with Crippen LogP contribution < -0.4 is 5.56 Å². The van der Waals surface area contributed by atoms with Gasteiger partial charge in [0.1, 0.15) is 0 Å². The van der Waals surface area contributed by atoms with Gasteiger partial charge >= 0.3 is 0 Å². The van der Waals surface area contributed by atoms with E-state index in [0.29, 0.717) is 46.2 Å². The molecule has 0 fully saturated rings. The van der Waals surface area contributed by atoms with Gasteiger partial charge in [0.2, 0.25) is 0 Å². The van der Waals surface area contributed by atoms with E-state index in [1.165, 1.54) is 11.8 Å². The second-order valence-corrected chi connectivity index (χ2v) is 7.82. The Bertz CT molecular complexity index is 1050. The minimum Gasteiger partial charge on any atom is -0.385 e. The normalized spacial score (nSPS) is 11.1. The first-order valence-electron chi connectivity index (χ1n) is 8.91. The Kier molecular flexibility index (Phi) is 6.88. The van der Waals surface area contributed by atoms with Crippen LogP contribution in [0.1, 0.15) is 22.3 Å². The lowest BCUT2D eigenvalue weighted by Crippen LogP contribution is -2.24. The van der Waals surface area contributed by atoms with Crippen molar-refractivity contribution in [2.45, 2.75) is 25.0 Å². The number of fused-ring (bicyclic) bond motifs is 1. The zero-order chi connectivity index (χ0) is 20.1. The van der Waals surface area contributed by atoms with E-state index < -0.39 is 0 Å². The molecule has 0 aliphatic carbocycles. The maximum atomic E-state index is 12.9. The third-order valence-corrected chi connectivity index (χ3v) is 5.53. The number of aromatic nitrogens is 2. The number of halogens is 1. The number of hydrogen-bond acceptors (Lipinski definition) is 5. The number of nitrogens with zero attached hydrogens (tertiary/aromatic N) is 2.